The van der Waals surface area contributed by atoms with Crippen LogP contribution in [0.4, 0.5) is 0 Å². The van der Waals surface area contributed by atoms with Crippen molar-refractivity contribution in [2.45, 2.75) is 31.4 Å². The third-order valence-electron chi connectivity index (χ3n) is 3.83. The third-order valence-corrected chi connectivity index (χ3v) is 3.83. The zero-order valence-corrected chi connectivity index (χ0v) is 11.0. The van der Waals surface area contributed by atoms with Crippen LogP contribution in [0, 0.1) is 0 Å². The number of hydrogen-bond donors (Lipinski definition) is 0. The van der Waals surface area contributed by atoms with Gasteiger partial charge in [0.2, 0.25) is 0 Å². The Morgan fingerprint density at radius 1 is 1.26 bits per heavy atom. The van der Waals surface area contributed by atoms with E-state index in [2.05, 4.69) is 4.90 Å². The fourth-order valence-corrected chi connectivity index (χ4v) is 2.81. The lowest BCUT2D eigenvalue weighted by Crippen LogP contribution is -2.48. The number of ether oxygens (including phenoxy) is 2. The number of likely N-dealkylation sites (tertiary alicyclic amines) is 1. The zero-order chi connectivity index (χ0) is 13.1. The summed E-state index contributed by atoms with van der Waals surface area (Å²) >= 11 is 0. The van der Waals surface area contributed by atoms with Crippen molar-refractivity contribution in [2.24, 2.45) is 0 Å². The monoisotopic (exact) mass is 261 g/mol. The maximum absolute atomic E-state index is 11.1. The van der Waals surface area contributed by atoms with Crippen LogP contribution < -0.4 is 9.47 Å². The highest BCUT2D eigenvalue weighted by molar-refractivity contribution is 5.57. The van der Waals surface area contributed by atoms with Crippen molar-refractivity contribution in [3.63, 3.8) is 0 Å². The molecule has 0 bridgehead atoms. The van der Waals surface area contributed by atoms with E-state index >= 15 is 0 Å². The predicted octanol–water partition coefficient (Wildman–Crippen LogP) is 1.88. The van der Waals surface area contributed by atoms with Crippen molar-refractivity contribution in [3.05, 3.63) is 24.3 Å². The molecule has 1 fully saturated rings. The van der Waals surface area contributed by atoms with Crippen LogP contribution in [0.5, 0.6) is 11.5 Å². The molecule has 2 heterocycles. The van der Waals surface area contributed by atoms with Crippen LogP contribution in [0.15, 0.2) is 24.3 Å². The molecule has 2 aliphatic heterocycles. The fraction of sp³-hybridized carbons (Fsp3) is 0.533. The van der Waals surface area contributed by atoms with Crippen LogP contribution in [0.25, 0.3) is 0 Å². The summed E-state index contributed by atoms with van der Waals surface area (Å²) in [5.74, 6) is 1.61. The van der Waals surface area contributed by atoms with Gasteiger partial charge in [-0.1, -0.05) is 18.6 Å². The molecule has 2 aliphatic rings. The maximum Gasteiger partial charge on any atom is 0.161 e. The highest BCUT2D eigenvalue weighted by atomic mass is 16.6. The summed E-state index contributed by atoms with van der Waals surface area (Å²) < 4.78 is 11.7. The standard InChI is InChI=1S/C15H19NO3/c17-10-12-5-3-4-8-16(12)9-13-11-18-14-6-1-2-7-15(14)19-13/h1-2,6-7,10,12-13H,3-5,8-9,11H2. The lowest BCUT2D eigenvalue weighted by molar-refractivity contribution is -0.114. The molecule has 1 aromatic carbocycles. The molecule has 1 aromatic rings. The summed E-state index contributed by atoms with van der Waals surface area (Å²) in [5, 5.41) is 0. The van der Waals surface area contributed by atoms with E-state index in [1.807, 2.05) is 24.3 Å². The highest BCUT2D eigenvalue weighted by Gasteiger charge is 2.28. The average molecular weight is 261 g/mol. The molecule has 4 nitrogen and oxygen atoms in total. The normalized spacial score (nSPS) is 26.9. The molecule has 102 valence electrons. The Bertz CT molecular complexity index is 449. The molecule has 0 N–H and O–H groups in total. The third kappa shape index (κ3) is 2.73. The van der Waals surface area contributed by atoms with Gasteiger partial charge in [-0.3, -0.25) is 4.90 Å². The van der Waals surface area contributed by atoms with Crippen molar-refractivity contribution < 1.29 is 14.3 Å². The largest absolute Gasteiger partial charge is 0.486 e. The van der Waals surface area contributed by atoms with Gasteiger partial charge in [0.05, 0.1) is 6.04 Å². The molecule has 1 saturated heterocycles. The molecule has 0 radical (unpaired) electrons. The first-order valence-corrected chi connectivity index (χ1v) is 6.94. The minimum Gasteiger partial charge on any atom is -0.486 e. The minimum absolute atomic E-state index is 0.00968. The first kappa shape index (κ1) is 12.5. The second-order valence-electron chi connectivity index (χ2n) is 5.19. The van der Waals surface area contributed by atoms with Crippen molar-refractivity contribution in [1.29, 1.82) is 0 Å². The number of carbonyl (C=O) groups is 1. The van der Waals surface area contributed by atoms with Gasteiger partial charge in [-0.15, -0.1) is 0 Å². The molecule has 0 aromatic heterocycles. The Hall–Kier alpha value is -1.55. The molecule has 3 rings (SSSR count). The Morgan fingerprint density at radius 3 is 2.95 bits per heavy atom. The van der Waals surface area contributed by atoms with Crippen LogP contribution in [0.1, 0.15) is 19.3 Å². The van der Waals surface area contributed by atoms with Crippen molar-refractivity contribution in [2.75, 3.05) is 19.7 Å². The van der Waals surface area contributed by atoms with E-state index in [1.54, 1.807) is 0 Å². The average Bonchev–Trinajstić information content (AvgIpc) is 2.48. The van der Waals surface area contributed by atoms with Gasteiger partial charge in [0.15, 0.2) is 11.5 Å². The van der Waals surface area contributed by atoms with Gasteiger partial charge in [-0.2, -0.15) is 0 Å². The van der Waals surface area contributed by atoms with E-state index in [-0.39, 0.29) is 12.1 Å². The SMILES string of the molecule is O=CC1CCCCN1CC1COc2ccccc2O1. The van der Waals surface area contributed by atoms with Crippen LogP contribution in [0.3, 0.4) is 0 Å². The maximum atomic E-state index is 11.1. The lowest BCUT2D eigenvalue weighted by atomic mass is 10.0. The Kier molecular flexibility index (Phi) is 3.69. The second-order valence-corrected chi connectivity index (χ2v) is 5.19. The van der Waals surface area contributed by atoms with E-state index in [0.29, 0.717) is 6.61 Å². The highest BCUT2D eigenvalue weighted by Crippen LogP contribution is 2.31. The zero-order valence-electron chi connectivity index (χ0n) is 11.0. The number of fused-ring (bicyclic) bond motifs is 1. The molecule has 0 aliphatic carbocycles. The van der Waals surface area contributed by atoms with Gasteiger partial charge in [0, 0.05) is 6.54 Å². The smallest absolute Gasteiger partial charge is 0.161 e. The van der Waals surface area contributed by atoms with Gasteiger partial charge in [0.1, 0.15) is 19.0 Å². The Balaban J connectivity index is 1.63. The van der Waals surface area contributed by atoms with E-state index in [0.717, 1.165) is 50.1 Å². The number of benzene rings is 1. The number of piperidine rings is 1. The first-order valence-electron chi connectivity index (χ1n) is 6.94. The van der Waals surface area contributed by atoms with E-state index < -0.39 is 0 Å². The summed E-state index contributed by atoms with van der Waals surface area (Å²) in [4.78, 5) is 13.3. The van der Waals surface area contributed by atoms with Crippen molar-refractivity contribution in [3.8, 4) is 11.5 Å². The molecule has 19 heavy (non-hydrogen) atoms. The summed E-state index contributed by atoms with van der Waals surface area (Å²) in [6, 6.07) is 7.78. The van der Waals surface area contributed by atoms with Crippen LogP contribution in [-0.4, -0.2) is 43.0 Å². The first-order chi connectivity index (χ1) is 9.36. The number of nitrogens with zero attached hydrogens (tertiary/aromatic N) is 1. The number of para-hydroxylation sites is 2. The molecular formula is C15H19NO3. The predicted molar refractivity (Wildman–Crippen MR) is 71.6 cm³/mol. The van der Waals surface area contributed by atoms with Crippen LogP contribution >= 0.6 is 0 Å². The lowest BCUT2D eigenvalue weighted by Gasteiger charge is -2.36. The van der Waals surface area contributed by atoms with Gasteiger partial charge in [-0.05, 0) is 31.5 Å². The summed E-state index contributed by atoms with van der Waals surface area (Å²) in [6.45, 7) is 2.29. The summed E-state index contributed by atoms with van der Waals surface area (Å²) in [5.41, 5.74) is 0. The van der Waals surface area contributed by atoms with Crippen molar-refractivity contribution >= 4 is 6.29 Å². The minimum atomic E-state index is 0.00968. The molecule has 4 heteroatoms. The summed E-state index contributed by atoms with van der Waals surface area (Å²) in [7, 11) is 0. The van der Waals surface area contributed by atoms with Gasteiger partial charge in [-0.25, -0.2) is 0 Å². The van der Waals surface area contributed by atoms with E-state index in [1.165, 1.54) is 0 Å². The number of hydrogen-bond acceptors (Lipinski definition) is 4. The van der Waals surface area contributed by atoms with Gasteiger partial charge < -0.3 is 14.3 Å². The van der Waals surface area contributed by atoms with Gasteiger partial charge >= 0.3 is 0 Å². The number of rotatable bonds is 3. The topological polar surface area (TPSA) is 38.8 Å². The fourth-order valence-electron chi connectivity index (χ4n) is 2.81. The van der Waals surface area contributed by atoms with Gasteiger partial charge in [0.25, 0.3) is 0 Å². The quantitative estimate of drug-likeness (QED) is 0.779. The van der Waals surface area contributed by atoms with Crippen LogP contribution in [0.2, 0.25) is 0 Å². The van der Waals surface area contributed by atoms with E-state index in [4.69, 9.17) is 9.47 Å². The van der Waals surface area contributed by atoms with Crippen LogP contribution in [-0.2, 0) is 4.79 Å². The van der Waals surface area contributed by atoms with Crippen molar-refractivity contribution in [1.82, 2.24) is 4.90 Å². The summed E-state index contributed by atoms with van der Waals surface area (Å²) in [6.07, 6.45) is 4.35. The molecule has 0 amide bonds. The molecule has 0 saturated carbocycles. The second kappa shape index (κ2) is 5.61. The number of aldehydes is 1. The molecule has 2 unspecified atom stereocenters. The Labute approximate surface area is 113 Å². The molecular weight excluding hydrogens is 242 g/mol. The number of carbonyl (C=O) groups excluding carboxylic acids is 1. The molecule has 0 spiro atoms. The Morgan fingerprint density at radius 2 is 2.11 bits per heavy atom. The van der Waals surface area contributed by atoms with E-state index in [9.17, 15) is 4.79 Å². The molecule has 2 atom stereocenters.